The average molecular weight is 266 g/mol. The van der Waals surface area contributed by atoms with Gasteiger partial charge < -0.3 is 5.32 Å². The molecule has 1 atom stereocenters. The number of hydrogen-bond acceptors (Lipinski definition) is 2. The first kappa shape index (κ1) is 13.0. The van der Waals surface area contributed by atoms with Crippen LogP contribution in [-0.2, 0) is 6.54 Å². The second-order valence-electron chi connectivity index (χ2n) is 5.68. The van der Waals surface area contributed by atoms with Crippen LogP contribution < -0.4 is 5.32 Å². The van der Waals surface area contributed by atoms with Crippen molar-refractivity contribution < 1.29 is 8.78 Å². The first-order valence-corrected chi connectivity index (χ1v) is 7.14. The van der Waals surface area contributed by atoms with Crippen LogP contribution in [0.4, 0.5) is 8.78 Å². The number of halogens is 2. The molecule has 1 aromatic carbocycles. The van der Waals surface area contributed by atoms with Crippen LogP contribution >= 0.6 is 0 Å². The molecular weight excluding hydrogens is 246 g/mol. The van der Waals surface area contributed by atoms with E-state index in [1.807, 2.05) is 0 Å². The molecule has 0 aromatic heterocycles. The topological polar surface area (TPSA) is 15.3 Å². The first-order chi connectivity index (χ1) is 9.22. The van der Waals surface area contributed by atoms with Gasteiger partial charge in [-0.1, -0.05) is 6.07 Å². The van der Waals surface area contributed by atoms with Gasteiger partial charge >= 0.3 is 0 Å². The Morgan fingerprint density at radius 3 is 2.79 bits per heavy atom. The maximum absolute atomic E-state index is 13.7. The molecule has 2 nitrogen and oxygen atoms in total. The minimum absolute atomic E-state index is 0.430. The maximum Gasteiger partial charge on any atom is 0.130 e. The highest BCUT2D eigenvalue weighted by molar-refractivity contribution is 5.18. The van der Waals surface area contributed by atoms with E-state index in [4.69, 9.17) is 0 Å². The van der Waals surface area contributed by atoms with Crippen molar-refractivity contribution in [1.29, 1.82) is 0 Å². The minimum atomic E-state index is -0.505. The van der Waals surface area contributed by atoms with Crippen molar-refractivity contribution in [2.45, 2.75) is 44.3 Å². The summed E-state index contributed by atoms with van der Waals surface area (Å²) in [6.45, 7) is 2.59. The van der Waals surface area contributed by atoms with E-state index in [0.717, 1.165) is 19.2 Å². The lowest BCUT2D eigenvalue weighted by Crippen LogP contribution is -2.38. The first-order valence-electron chi connectivity index (χ1n) is 7.14. The van der Waals surface area contributed by atoms with E-state index in [1.165, 1.54) is 31.7 Å². The van der Waals surface area contributed by atoms with Gasteiger partial charge in [-0.05, 0) is 38.3 Å². The summed E-state index contributed by atoms with van der Waals surface area (Å²) in [5.74, 6) is -0.935. The van der Waals surface area contributed by atoms with Crippen molar-refractivity contribution in [3.8, 4) is 0 Å². The summed E-state index contributed by atoms with van der Waals surface area (Å²) in [7, 11) is 0. The summed E-state index contributed by atoms with van der Waals surface area (Å²) in [4.78, 5) is 2.31. The SMILES string of the molecule is Fc1ccc(CN2CCCC2CNC2CC2)c(F)c1. The molecule has 1 heterocycles. The third-order valence-electron chi connectivity index (χ3n) is 4.11. The summed E-state index contributed by atoms with van der Waals surface area (Å²) in [6, 6.07) is 5.08. The lowest BCUT2D eigenvalue weighted by Gasteiger charge is -2.25. The summed E-state index contributed by atoms with van der Waals surface area (Å²) in [5.41, 5.74) is 0.597. The van der Waals surface area contributed by atoms with Crippen LogP contribution in [0.3, 0.4) is 0 Å². The number of likely N-dealkylation sites (tertiary alicyclic amines) is 1. The summed E-state index contributed by atoms with van der Waals surface area (Å²) in [5, 5.41) is 3.54. The van der Waals surface area contributed by atoms with Crippen LogP contribution in [0.2, 0.25) is 0 Å². The maximum atomic E-state index is 13.7. The van der Waals surface area contributed by atoms with E-state index in [9.17, 15) is 8.78 Å². The summed E-state index contributed by atoms with van der Waals surface area (Å²) < 4.78 is 26.6. The van der Waals surface area contributed by atoms with Gasteiger partial charge in [0.05, 0.1) is 0 Å². The fourth-order valence-corrected chi connectivity index (χ4v) is 2.79. The Morgan fingerprint density at radius 2 is 2.05 bits per heavy atom. The van der Waals surface area contributed by atoms with E-state index >= 15 is 0 Å². The molecule has 4 heteroatoms. The second-order valence-corrected chi connectivity index (χ2v) is 5.68. The predicted molar refractivity (Wildman–Crippen MR) is 70.8 cm³/mol. The van der Waals surface area contributed by atoms with Crippen molar-refractivity contribution in [1.82, 2.24) is 10.2 Å². The van der Waals surface area contributed by atoms with Gasteiger partial charge in [0.1, 0.15) is 11.6 Å². The Bertz CT molecular complexity index is 446. The number of nitrogens with zero attached hydrogens (tertiary/aromatic N) is 1. The van der Waals surface area contributed by atoms with Crippen LogP contribution in [-0.4, -0.2) is 30.1 Å². The molecule has 0 amide bonds. The van der Waals surface area contributed by atoms with Gasteiger partial charge in [-0.2, -0.15) is 0 Å². The van der Waals surface area contributed by atoms with Crippen LogP contribution in [0.1, 0.15) is 31.2 Å². The highest BCUT2D eigenvalue weighted by atomic mass is 19.1. The van der Waals surface area contributed by atoms with Crippen LogP contribution in [0.25, 0.3) is 0 Å². The molecule has 2 aliphatic rings. The minimum Gasteiger partial charge on any atom is -0.312 e. The summed E-state index contributed by atoms with van der Waals surface area (Å²) >= 11 is 0. The quantitative estimate of drug-likeness (QED) is 0.881. The number of nitrogens with one attached hydrogen (secondary N) is 1. The molecule has 1 aliphatic heterocycles. The zero-order valence-corrected chi connectivity index (χ0v) is 11.0. The van der Waals surface area contributed by atoms with Gasteiger partial charge in [0.25, 0.3) is 0 Å². The molecule has 1 N–H and O–H groups in total. The molecule has 0 spiro atoms. The second kappa shape index (κ2) is 5.55. The van der Waals surface area contributed by atoms with Gasteiger partial charge in [0.2, 0.25) is 0 Å². The Morgan fingerprint density at radius 1 is 1.21 bits per heavy atom. The lowest BCUT2D eigenvalue weighted by atomic mass is 10.1. The van der Waals surface area contributed by atoms with Crippen molar-refractivity contribution in [3.63, 3.8) is 0 Å². The smallest absolute Gasteiger partial charge is 0.130 e. The Kier molecular flexibility index (Phi) is 3.80. The van der Waals surface area contributed by atoms with Crippen LogP contribution in [0.15, 0.2) is 18.2 Å². The lowest BCUT2D eigenvalue weighted by molar-refractivity contribution is 0.235. The largest absolute Gasteiger partial charge is 0.312 e. The standard InChI is InChI=1S/C15H20F2N2/c16-12-4-3-11(15(17)8-12)10-19-7-1-2-14(19)9-18-13-5-6-13/h3-4,8,13-14,18H,1-2,5-7,9-10H2. The van der Waals surface area contributed by atoms with Gasteiger partial charge in [0, 0.05) is 36.8 Å². The Labute approximate surface area is 112 Å². The molecule has 1 saturated heterocycles. The Balaban J connectivity index is 1.60. The van der Waals surface area contributed by atoms with E-state index in [2.05, 4.69) is 10.2 Å². The van der Waals surface area contributed by atoms with Gasteiger partial charge in [-0.15, -0.1) is 0 Å². The molecular formula is C15H20F2N2. The molecule has 0 bridgehead atoms. The zero-order valence-electron chi connectivity index (χ0n) is 11.0. The third kappa shape index (κ3) is 3.31. The predicted octanol–water partition coefficient (Wildman–Crippen LogP) is 2.68. The highest BCUT2D eigenvalue weighted by Crippen LogP contribution is 2.23. The van der Waals surface area contributed by atoms with Crippen molar-refractivity contribution in [2.24, 2.45) is 0 Å². The van der Waals surface area contributed by atoms with E-state index in [0.29, 0.717) is 24.2 Å². The van der Waals surface area contributed by atoms with E-state index < -0.39 is 11.6 Å². The van der Waals surface area contributed by atoms with Gasteiger partial charge in [0.15, 0.2) is 0 Å². The van der Waals surface area contributed by atoms with E-state index in [-0.39, 0.29) is 0 Å². The normalized spacial score (nSPS) is 24.0. The monoisotopic (exact) mass is 266 g/mol. The number of rotatable bonds is 5. The highest BCUT2D eigenvalue weighted by Gasteiger charge is 2.28. The van der Waals surface area contributed by atoms with Crippen molar-refractivity contribution >= 4 is 0 Å². The van der Waals surface area contributed by atoms with Gasteiger partial charge in [-0.3, -0.25) is 4.90 Å². The fraction of sp³-hybridized carbons (Fsp3) is 0.600. The molecule has 1 aromatic rings. The number of hydrogen-bond donors (Lipinski definition) is 1. The molecule has 2 fully saturated rings. The molecule has 104 valence electrons. The number of benzene rings is 1. The van der Waals surface area contributed by atoms with E-state index in [1.54, 1.807) is 6.07 Å². The Hall–Kier alpha value is -1.00. The molecule has 0 radical (unpaired) electrons. The van der Waals surface area contributed by atoms with Crippen molar-refractivity contribution in [2.75, 3.05) is 13.1 Å². The zero-order chi connectivity index (χ0) is 13.2. The van der Waals surface area contributed by atoms with Crippen LogP contribution in [0, 0.1) is 11.6 Å². The van der Waals surface area contributed by atoms with Gasteiger partial charge in [-0.25, -0.2) is 8.78 Å². The molecule has 3 rings (SSSR count). The molecule has 19 heavy (non-hydrogen) atoms. The average Bonchev–Trinajstić information content (AvgIpc) is 3.11. The molecule has 1 unspecified atom stereocenters. The summed E-state index contributed by atoms with van der Waals surface area (Å²) in [6.07, 6.45) is 4.92. The van der Waals surface area contributed by atoms with Crippen molar-refractivity contribution in [3.05, 3.63) is 35.4 Å². The third-order valence-corrected chi connectivity index (χ3v) is 4.11. The fourth-order valence-electron chi connectivity index (χ4n) is 2.79. The van der Waals surface area contributed by atoms with Crippen LogP contribution in [0.5, 0.6) is 0 Å². The molecule has 1 saturated carbocycles. The molecule has 1 aliphatic carbocycles.